The standard InChI is InChI=1S/C21H22N2O2/c24-21(25)18-14-23(19-7-4-12-22-20(18)19)13-15-8-10-17(11-9-15)16-5-2-1-3-6-16/h1-7,12,14-15,17H,8-11,13H2,(H,24,25). The monoisotopic (exact) mass is 334 g/mol. The Kier molecular flexibility index (Phi) is 4.26. The van der Waals surface area contributed by atoms with E-state index < -0.39 is 5.97 Å². The van der Waals surface area contributed by atoms with Gasteiger partial charge in [-0.1, -0.05) is 30.3 Å². The Morgan fingerprint density at radius 1 is 1.08 bits per heavy atom. The lowest BCUT2D eigenvalue weighted by Crippen LogP contribution is -2.18. The summed E-state index contributed by atoms with van der Waals surface area (Å²) in [7, 11) is 0. The van der Waals surface area contributed by atoms with E-state index in [0.717, 1.165) is 12.1 Å². The molecule has 4 heteroatoms. The Labute approximate surface area is 147 Å². The predicted octanol–water partition coefficient (Wildman–Crippen LogP) is 4.71. The molecule has 4 nitrogen and oxygen atoms in total. The number of aromatic carboxylic acids is 1. The third-order valence-corrected chi connectivity index (χ3v) is 5.44. The van der Waals surface area contributed by atoms with Crippen molar-refractivity contribution in [1.82, 2.24) is 9.55 Å². The first-order chi connectivity index (χ1) is 12.2. The van der Waals surface area contributed by atoms with Crippen LogP contribution in [0, 0.1) is 5.92 Å². The summed E-state index contributed by atoms with van der Waals surface area (Å²) in [6.45, 7) is 0.872. The van der Waals surface area contributed by atoms with Crippen LogP contribution in [0.3, 0.4) is 0 Å². The smallest absolute Gasteiger partial charge is 0.339 e. The maximum absolute atomic E-state index is 11.5. The lowest BCUT2D eigenvalue weighted by atomic mass is 9.78. The fourth-order valence-corrected chi connectivity index (χ4v) is 4.11. The van der Waals surface area contributed by atoms with Crippen LogP contribution in [-0.4, -0.2) is 20.6 Å². The highest BCUT2D eigenvalue weighted by molar-refractivity contribution is 6.01. The quantitative estimate of drug-likeness (QED) is 0.752. The second kappa shape index (κ2) is 6.71. The van der Waals surface area contributed by atoms with Crippen LogP contribution in [0.4, 0.5) is 0 Å². The molecular weight excluding hydrogens is 312 g/mol. The van der Waals surface area contributed by atoms with E-state index in [1.165, 1.54) is 31.2 Å². The maximum Gasteiger partial charge on any atom is 0.339 e. The van der Waals surface area contributed by atoms with Gasteiger partial charge in [0.15, 0.2) is 0 Å². The fraction of sp³-hybridized carbons (Fsp3) is 0.333. The topological polar surface area (TPSA) is 55.1 Å². The van der Waals surface area contributed by atoms with Crippen molar-refractivity contribution in [2.75, 3.05) is 0 Å². The van der Waals surface area contributed by atoms with Crippen LogP contribution >= 0.6 is 0 Å². The van der Waals surface area contributed by atoms with E-state index in [1.54, 1.807) is 12.4 Å². The number of carboxylic acids is 1. The molecule has 0 amide bonds. The van der Waals surface area contributed by atoms with Gasteiger partial charge in [0.25, 0.3) is 0 Å². The number of nitrogens with zero attached hydrogens (tertiary/aromatic N) is 2. The predicted molar refractivity (Wildman–Crippen MR) is 97.8 cm³/mol. The van der Waals surface area contributed by atoms with Gasteiger partial charge in [0, 0.05) is 18.9 Å². The van der Waals surface area contributed by atoms with Crippen LogP contribution in [0.2, 0.25) is 0 Å². The number of fused-ring (bicyclic) bond motifs is 1. The van der Waals surface area contributed by atoms with Gasteiger partial charge in [-0.25, -0.2) is 4.79 Å². The maximum atomic E-state index is 11.5. The second-order valence-electron chi connectivity index (χ2n) is 7.00. The summed E-state index contributed by atoms with van der Waals surface area (Å²) < 4.78 is 2.08. The Hall–Kier alpha value is -2.62. The molecule has 2 heterocycles. The molecular formula is C21H22N2O2. The van der Waals surface area contributed by atoms with Gasteiger partial charge >= 0.3 is 5.97 Å². The SMILES string of the molecule is O=C(O)c1cn(CC2CCC(c3ccccc3)CC2)c2cccnc12. The van der Waals surface area contributed by atoms with Crippen LogP contribution in [0.15, 0.2) is 54.9 Å². The van der Waals surface area contributed by atoms with Gasteiger partial charge in [0.05, 0.1) is 5.52 Å². The first-order valence-electron chi connectivity index (χ1n) is 8.94. The van der Waals surface area contributed by atoms with E-state index in [0.29, 0.717) is 22.9 Å². The van der Waals surface area contributed by atoms with Crippen LogP contribution in [-0.2, 0) is 6.54 Å². The van der Waals surface area contributed by atoms with Crippen LogP contribution in [0.1, 0.15) is 47.5 Å². The zero-order valence-electron chi connectivity index (χ0n) is 14.1. The molecule has 0 spiro atoms. The van der Waals surface area contributed by atoms with Gasteiger partial charge in [0.2, 0.25) is 0 Å². The van der Waals surface area contributed by atoms with Crippen molar-refractivity contribution >= 4 is 17.0 Å². The Balaban J connectivity index is 1.49. The molecule has 1 aromatic carbocycles. The summed E-state index contributed by atoms with van der Waals surface area (Å²) in [5.74, 6) is 0.350. The van der Waals surface area contributed by atoms with E-state index in [4.69, 9.17) is 0 Å². The zero-order valence-corrected chi connectivity index (χ0v) is 14.1. The van der Waals surface area contributed by atoms with Crippen LogP contribution in [0.25, 0.3) is 11.0 Å². The number of aromatic nitrogens is 2. The van der Waals surface area contributed by atoms with E-state index in [9.17, 15) is 9.90 Å². The number of benzene rings is 1. The van der Waals surface area contributed by atoms with Crippen molar-refractivity contribution in [3.63, 3.8) is 0 Å². The van der Waals surface area contributed by atoms with Gasteiger partial charge in [-0.3, -0.25) is 4.98 Å². The van der Waals surface area contributed by atoms with Gasteiger partial charge in [-0.2, -0.15) is 0 Å². The van der Waals surface area contributed by atoms with Gasteiger partial charge in [-0.05, 0) is 55.2 Å². The lowest BCUT2D eigenvalue weighted by Gasteiger charge is -2.29. The van der Waals surface area contributed by atoms with E-state index >= 15 is 0 Å². The Bertz CT molecular complexity index is 877. The zero-order chi connectivity index (χ0) is 17.2. The summed E-state index contributed by atoms with van der Waals surface area (Å²) in [6, 6.07) is 14.6. The second-order valence-corrected chi connectivity index (χ2v) is 7.00. The van der Waals surface area contributed by atoms with Crippen molar-refractivity contribution in [3.8, 4) is 0 Å². The van der Waals surface area contributed by atoms with Crippen LogP contribution < -0.4 is 0 Å². The van der Waals surface area contributed by atoms with Gasteiger partial charge < -0.3 is 9.67 Å². The number of hydrogen-bond acceptors (Lipinski definition) is 2. The van der Waals surface area contributed by atoms with Crippen molar-refractivity contribution in [2.45, 2.75) is 38.1 Å². The first-order valence-corrected chi connectivity index (χ1v) is 8.94. The number of carbonyl (C=O) groups is 1. The molecule has 0 unspecified atom stereocenters. The molecule has 25 heavy (non-hydrogen) atoms. The summed E-state index contributed by atoms with van der Waals surface area (Å²) in [6.07, 6.45) is 8.19. The molecule has 0 saturated heterocycles. The molecule has 3 aromatic rings. The molecule has 0 radical (unpaired) electrons. The highest BCUT2D eigenvalue weighted by Crippen LogP contribution is 2.36. The van der Waals surface area contributed by atoms with E-state index in [2.05, 4.69) is 39.9 Å². The molecule has 1 N–H and O–H groups in total. The molecule has 0 aliphatic heterocycles. The molecule has 1 fully saturated rings. The van der Waals surface area contributed by atoms with Crippen LogP contribution in [0.5, 0.6) is 0 Å². The highest BCUT2D eigenvalue weighted by atomic mass is 16.4. The first kappa shape index (κ1) is 15.9. The van der Waals surface area contributed by atoms with Crippen molar-refractivity contribution in [2.24, 2.45) is 5.92 Å². The number of carboxylic acid groups (broad SMARTS) is 1. The number of rotatable bonds is 4. The Morgan fingerprint density at radius 3 is 2.56 bits per heavy atom. The molecule has 4 rings (SSSR count). The van der Waals surface area contributed by atoms with Gasteiger partial charge in [0.1, 0.15) is 11.1 Å². The molecule has 1 aliphatic rings. The average Bonchev–Trinajstić information content (AvgIpc) is 3.02. The van der Waals surface area contributed by atoms with E-state index in [1.807, 2.05) is 12.1 Å². The highest BCUT2D eigenvalue weighted by Gasteiger charge is 2.24. The fourth-order valence-electron chi connectivity index (χ4n) is 4.11. The largest absolute Gasteiger partial charge is 0.478 e. The summed E-state index contributed by atoms with van der Waals surface area (Å²) in [4.78, 5) is 15.7. The lowest BCUT2D eigenvalue weighted by molar-refractivity contribution is 0.0698. The van der Waals surface area contributed by atoms with Crippen molar-refractivity contribution in [1.29, 1.82) is 0 Å². The number of hydrogen-bond donors (Lipinski definition) is 1. The summed E-state index contributed by atoms with van der Waals surface area (Å²) in [5, 5.41) is 9.41. The van der Waals surface area contributed by atoms with Gasteiger partial charge in [-0.15, -0.1) is 0 Å². The average molecular weight is 334 g/mol. The minimum atomic E-state index is -0.907. The molecule has 128 valence electrons. The minimum Gasteiger partial charge on any atom is -0.478 e. The van der Waals surface area contributed by atoms with Crippen molar-refractivity contribution in [3.05, 3.63) is 66.0 Å². The normalized spacial score (nSPS) is 20.6. The summed E-state index contributed by atoms with van der Waals surface area (Å²) >= 11 is 0. The minimum absolute atomic E-state index is 0.300. The third-order valence-electron chi connectivity index (χ3n) is 5.44. The Morgan fingerprint density at radius 2 is 1.84 bits per heavy atom. The van der Waals surface area contributed by atoms with E-state index in [-0.39, 0.29) is 0 Å². The molecule has 1 aliphatic carbocycles. The molecule has 0 atom stereocenters. The summed E-state index contributed by atoms with van der Waals surface area (Å²) in [5.41, 5.74) is 3.26. The molecule has 2 aromatic heterocycles. The number of pyridine rings is 1. The van der Waals surface area contributed by atoms with Crippen molar-refractivity contribution < 1.29 is 9.90 Å². The molecule has 1 saturated carbocycles. The third kappa shape index (κ3) is 3.16. The molecule has 0 bridgehead atoms.